The summed E-state index contributed by atoms with van der Waals surface area (Å²) < 4.78 is 8.80. The third-order valence-corrected chi connectivity index (χ3v) is 9.76. The van der Waals surface area contributed by atoms with E-state index in [0.717, 1.165) is 102 Å². The first-order chi connectivity index (χ1) is 28.4. The molecule has 4 aromatic heterocycles. The Morgan fingerprint density at radius 2 is 1.10 bits per heavy atom. The molecule has 0 aliphatic carbocycles. The van der Waals surface area contributed by atoms with E-state index in [9.17, 15) is 19.2 Å². The summed E-state index contributed by atoms with van der Waals surface area (Å²) in [7, 11) is 0. The van der Waals surface area contributed by atoms with Crippen LogP contribution in [0.3, 0.4) is 0 Å². The van der Waals surface area contributed by atoms with Crippen molar-refractivity contribution in [3.8, 4) is 0 Å². The number of pyridine rings is 2. The molecule has 2 aromatic carbocycles. The molecule has 6 rings (SSSR count). The number of nitrogens with one attached hydrogen (secondary N) is 3. The predicted octanol–water partition coefficient (Wildman–Crippen LogP) is 7.71. The van der Waals surface area contributed by atoms with Crippen LogP contribution in [-0.2, 0) is 54.3 Å². The number of carboxylic acids is 1. The fraction of sp³-hybridized carbons (Fsp3) is 0.273. The van der Waals surface area contributed by atoms with Crippen LogP contribution >= 0.6 is 24.4 Å². The number of H-pyrrole nitrogens is 2. The van der Waals surface area contributed by atoms with E-state index in [1.807, 2.05) is 79.4 Å². The number of para-hydroxylation sites is 2. The number of carbonyl (C=O) groups excluding carboxylic acids is 3. The molecule has 59 heavy (non-hydrogen) atoms. The number of hydrogen-bond donors (Lipinski definition) is 5. The Balaban J connectivity index is 0.000000226. The van der Waals surface area contributed by atoms with Crippen molar-refractivity contribution < 1.29 is 33.8 Å². The molecule has 0 bridgehead atoms. The van der Waals surface area contributed by atoms with Gasteiger partial charge in [-0.05, 0) is 120 Å². The van der Waals surface area contributed by atoms with Crippen molar-refractivity contribution in [2.75, 3.05) is 24.3 Å². The van der Waals surface area contributed by atoms with Crippen LogP contribution in [0.5, 0.6) is 0 Å². The number of benzene rings is 2. The SMILES string of the molecule is CC(=O)OCC(=O)Nc1ccccc1CCC(=S)CCc1ccnc2[nH]ccc12.CC(=O)OCC(=O)O.Nc1ccccc1CCC(=S)CCc1ccnc2[nH]ccc12. The van der Waals surface area contributed by atoms with Gasteiger partial charge in [-0.1, -0.05) is 60.8 Å². The van der Waals surface area contributed by atoms with Crippen molar-refractivity contribution in [3.63, 3.8) is 0 Å². The number of nitrogen functional groups attached to an aromatic ring is 1. The Bertz CT molecular complexity index is 2360. The molecule has 0 aliphatic rings. The van der Waals surface area contributed by atoms with Gasteiger partial charge in [0, 0.05) is 60.8 Å². The van der Waals surface area contributed by atoms with E-state index in [1.54, 1.807) is 0 Å². The number of fused-ring (bicyclic) bond motifs is 2. The summed E-state index contributed by atoms with van der Waals surface area (Å²) in [5.74, 6) is -2.55. The second-order valence-corrected chi connectivity index (χ2v) is 14.5. The van der Waals surface area contributed by atoms with E-state index < -0.39 is 24.5 Å². The summed E-state index contributed by atoms with van der Waals surface area (Å²) in [5, 5.41) is 13.0. The van der Waals surface area contributed by atoms with Gasteiger partial charge in [0.2, 0.25) is 0 Å². The first-order valence-electron chi connectivity index (χ1n) is 18.9. The number of carboxylic acid groups (broad SMARTS) is 1. The predicted molar refractivity (Wildman–Crippen MR) is 237 cm³/mol. The topological polar surface area (TPSA) is 202 Å². The minimum atomic E-state index is -1.14. The number of amides is 1. The third kappa shape index (κ3) is 15.9. The highest BCUT2D eigenvalue weighted by Crippen LogP contribution is 2.21. The van der Waals surface area contributed by atoms with Gasteiger partial charge >= 0.3 is 17.9 Å². The van der Waals surface area contributed by atoms with Crippen molar-refractivity contribution in [2.24, 2.45) is 0 Å². The summed E-state index contributed by atoms with van der Waals surface area (Å²) in [6.45, 7) is 1.59. The van der Waals surface area contributed by atoms with Crippen LogP contribution in [0.2, 0.25) is 0 Å². The molecule has 0 saturated heterocycles. The van der Waals surface area contributed by atoms with Crippen LogP contribution in [-0.4, -0.2) is 71.8 Å². The number of esters is 2. The molecule has 0 radical (unpaired) electrons. The number of thiocarbonyl (C=S) groups is 2. The molecule has 6 aromatic rings. The second kappa shape index (κ2) is 23.8. The molecule has 0 atom stereocenters. The molecule has 308 valence electrons. The minimum Gasteiger partial charge on any atom is -0.479 e. The standard InChI is InChI=1S/C22H23N3O3S.C18H19N3S.C4H6O4/c1-15(26)28-14-21(27)25-20-5-3-2-4-17(20)7-9-18(29)8-6-16-10-12-23-22-19(16)11-13-24-22;19-17-4-2-1-3-14(17)6-8-15(22)7-5-13-9-11-20-18-16(13)10-12-21-18;1-3(5)8-2-4(6)7/h2-5,10-13H,6-9,14H2,1H3,(H,23,24)(H,25,27);1-4,9-12H,5-8,19H2,(H,20,21);2H2,1H3,(H,6,7). The molecule has 13 nitrogen and oxygen atoms in total. The Morgan fingerprint density at radius 1 is 0.644 bits per heavy atom. The first-order valence-corrected chi connectivity index (χ1v) is 19.8. The molecule has 0 aliphatic heterocycles. The van der Waals surface area contributed by atoms with E-state index in [4.69, 9.17) is 40.0 Å². The summed E-state index contributed by atoms with van der Waals surface area (Å²) >= 11 is 11.1. The number of aliphatic carboxylic acids is 1. The third-order valence-electron chi connectivity index (χ3n) is 8.95. The largest absolute Gasteiger partial charge is 0.479 e. The van der Waals surface area contributed by atoms with E-state index >= 15 is 0 Å². The Kier molecular flexibility index (Phi) is 18.3. The van der Waals surface area contributed by atoms with Crippen LogP contribution in [0.25, 0.3) is 22.1 Å². The number of aryl methyl sites for hydroxylation is 4. The molecular weight excluding hydrogens is 789 g/mol. The summed E-state index contributed by atoms with van der Waals surface area (Å²) in [6, 6.07) is 23.8. The quantitative estimate of drug-likeness (QED) is 0.0341. The fourth-order valence-electron chi connectivity index (χ4n) is 5.96. The summed E-state index contributed by atoms with van der Waals surface area (Å²) in [6.07, 6.45) is 14.4. The number of carbonyl (C=O) groups is 4. The van der Waals surface area contributed by atoms with Gasteiger partial charge in [0.25, 0.3) is 5.91 Å². The molecule has 6 N–H and O–H groups in total. The number of nitrogens with two attached hydrogens (primary N) is 1. The number of hydrogen-bond acceptors (Lipinski definition) is 11. The number of anilines is 2. The number of aromatic amines is 2. The number of aromatic nitrogens is 4. The van der Waals surface area contributed by atoms with E-state index in [-0.39, 0.29) is 12.5 Å². The van der Waals surface area contributed by atoms with Gasteiger partial charge in [-0.25, -0.2) is 14.8 Å². The molecule has 1 amide bonds. The molecular formula is C44H48N6O7S2. The first kappa shape index (κ1) is 45.4. The minimum absolute atomic E-state index is 0.290. The maximum atomic E-state index is 11.9. The highest BCUT2D eigenvalue weighted by molar-refractivity contribution is 7.80. The van der Waals surface area contributed by atoms with Crippen LogP contribution in [0, 0.1) is 0 Å². The van der Waals surface area contributed by atoms with Crippen LogP contribution < -0.4 is 11.1 Å². The summed E-state index contributed by atoms with van der Waals surface area (Å²) in [5.41, 5.74) is 14.1. The van der Waals surface area contributed by atoms with Crippen molar-refractivity contribution in [2.45, 2.75) is 65.2 Å². The maximum absolute atomic E-state index is 11.9. The van der Waals surface area contributed by atoms with Crippen LogP contribution in [0.1, 0.15) is 61.8 Å². The van der Waals surface area contributed by atoms with Gasteiger partial charge < -0.3 is 35.6 Å². The highest BCUT2D eigenvalue weighted by atomic mass is 32.1. The van der Waals surface area contributed by atoms with Crippen LogP contribution in [0.4, 0.5) is 11.4 Å². The zero-order valence-corrected chi connectivity index (χ0v) is 34.6. The Hall–Kier alpha value is -6.32. The van der Waals surface area contributed by atoms with Crippen molar-refractivity contribution in [3.05, 3.63) is 120 Å². The Labute approximate surface area is 353 Å². The van der Waals surface area contributed by atoms with Gasteiger partial charge in [0.15, 0.2) is 13.2 Å². The molecule has 15 heteroatoms. The molecule has 0 fully saturated rings. The lowest BCUT2D eigenvalue weighted by atomic mass is 10.0. The summed E-state index contributed by atoms with van der Waals surface area (Å²) in [4.78, 5) is 59.2. The second-order valence-electron chi connectivity index (χ2n) is 13.4. The average molecular weight is 837 g/mol. The molecule has 0 spiro atoms. The number of nitrogens with zero attached hydrogens (tertiary/aromatic N) is 2. The van der Waals surface area contributed by atoms with Crippen LogP contribution in [0.15, 0.2) is 97.6 Å². The van der Waals surface area contributed by atoms with Crippen molar-refractivity contribution in [1.29, 1.82) is 0 Å². The highest BCUT2D eigenvalue weighted by Gasteiger charge is 2.11. The number of ether oxygens (including phenoxy) is 2. The lowest BCUT2D eigenvalue weighted by molar-refractivity contribution is -0.153. The van der Waals surface area contributed by atoms with E-state index in [0.29, 0.717) is 0 Å². The van der Waals surface area contributed by atoms with E-state index in [1.165, 1.54) is 29.0 Å². The zero-order chi connectivity index (χ0) is 42.6. The Morgan fingerprint density at radius 3 is 1.59 bits per heavy atom. The van der Waals surface area contributed by atoms with Gasteiger partial charge in [-0.15, -0.1) is 0 Å². The van der Waals surface area contributed by atoms with Gasteiger partial charge in [0.1, 0.15) is 11.3 Å². The van der Waals surface area contributed by atoms with Gasteiger partial charge in [-0.2, -0.15) is 0 Å². The molecule has 4 heterocycles. The van der Waals surface area contributed by atoms with Crippen molar-refractivity contribution in [1.82, 2.24) is 19.9 Å². The zero-order valence-electron chi connectivity index (χ0n) is 33.0. The molecule has 0 saturated carbocycles. The van der Waals surface area contributed by atoms with E-state index in [2.05, 4.69) is 48.2 Å². The number of rotatable bonds is 17. The molecule has 0 unspecified atom stereocenters. The average Bonchev–Trinajstić information content (AvgIpc) is 3.92. The fourth-order valence-corrected chi connectivity index (χ4v) is 6.37. The van der Waals surface area contributed by atoms with Gasteiger partial charge in [0.05, 0.1) is 0 Å². The normalized spacial score (nSPS) is 10.4. The van der Waals surface area contributed by atoms with Crippen molar-refractivity contribution >= 4 is 91.4 Å². The smallest absolute Gasteiger partial charge is 0.341 e. The monoisotopic (exact) mass is 836 g/mol. The van der Waals surface area contributed by atoms with Gasteiger partial charge in [-0.3, -0.25) is 14.4 Å². The lowest BCUT2D eigenvalue weighted by Crippen LogP contribution is -2.20. The lowest BCUT2D eigenvalue weighted by Gasteiger charge is -2.12. The maximum Gasteiger partial charge on any atom is 0.341 e.